The number of hydrogen-bond acceptors (Lipinski definition) is 3. The average Bonchev–Trinajstić information content (AvgIpc) is 3.14. The van der Waals surface area contributed by atoms with Crippen LogP contribution >= 0.6 is 0 Å². The second-order valence-electron chi connectivity index (χ2n) is 7.70. The molecule has 1 N–H and O–H groups in total. The Bertz CT molecular complexity index is 966. The Kier molecular flexibility index (Phi) is 4.99. The first-order valence-electron chi connectivity index (χ1n) is 9.82. The van der Waals surface area contributed by atoms with Gasteiger partial charge in [0.1, 0.15) is 10.6 Å². The Morgan fingerprint density at radius 1 is 0.889 bits per heavy atom. The van der Waals surface area contributed by atoms with Crippen LogP contribution in [0.25, 0.3) is 0 Å². The lowest BCUT2D eigenvalue weighted by molar-refractivity contribution is 0.400. The van der Waals surface area contributed by atoms with E-state index in [1.54, 1.807) is 0 Å². The van der Waals surface area contributed by atoms with Crippen molar-refractivity contribution in [1.82, 2.24) is 4.72 Å². The van der Waals surface area contributed by atoms with E-state index in [2.05, 4.69) is 16.9 Å². The minimum atomic E-state index is -3.67. The van der Waals surface area contributed by atoms with Gasteiger partial charge in [-0.1, -0.05) is 18.2 Å². The summed E-state index contributed by atoms with van der Waals surface area (Å²) in [5, 5.41) is 0. The number of ether oxygens (including phenoxy) is 1. The van der Waals surface area contributed by atoms with Crippen LogP contribution in [0.15, 0.2) is 35.2 Å². The minimum absolute atomic E-state index is 0.249. The van der Waals surface area contributed by atoms with Crippen molar-refractivity contribution in [2.24, 2.45) is 0 Å². The van der Waals surface area contributed by atoms with E-state index in [1.807, 2.05) is 25.1 Å². The van der Waals surface area contributed by atoms with Crippen LogP contribution in [-0.4, -0.2) is 15.5 Å². The maximum absolute atomic E-state index is 13.1. The zero-order chi connectivity index (χ0) is 19.0. The van der Waals surface area contributed by atoms with Crippen molar-refractivity contribution in [2.75, 3.05) is 7.11 Å². The Hall–Kier alpha value is -1.85. The largest absolute Gasteiger partial charge is 0.495 e. The number of rotatable bonds is 5. The molecule has 0 heterocycles. The summed E-state index contributed by atoms with van der Waals surface area (Å²) in [4.78, 5) is 0.249. The van der Waals surface area contributed by atoms with E-state index in [1.165, 1.54) is 30.2 Å². The number of methoxy groups -OCH3 is 1. The molecule has 4 rings (SSSR count). The molecule has 0 amide bonds. The Morgan fingerprint density at radius 3 is 2.26 bits per heavy atom. The van der Waals surface area contributed by atoms with E-state index < -0.39 is 10.0 Å². The molecule has 2 aliphatic carbocycles. The predicted molar refractivity (Wildman–Crippen MR) is 107 cm³/mol. The molecule has 0 aliphatic heterocycles. The highest BCUT2D eigenvalue weighted by Crippen LogP contribution is 2.33. The molecule has 0 aromatic heterocycles. The van der Waals surface area contributed by atoms with Gasteiger partial charge in [-0.15, -0.1) is 0 Å². The molecule has 0 bridgehead atoms. The SMILES string of the molecule is COc1cc2c(cc1S(=O)(=O)N[C@H](C)c1ccc3c(c1)CCC3)CCCC2. The first-order chi connectivity index (χ1) is 13.0. The molecule has 0 unspecified atom stereocenters. The standard InChI is InChI=1S/C22H27NO3S/c1-15(17-11-10-16-8-5-9-18(16)12-17)23-27(24,25)22-14-20-7-4-3-6-19(20)13-21(22)26-2/h10-15,23H,3-9H2,1-2H3/t15-/m1/s1. The number of sulfonamides is 1. The fraction of sp³-hybridized carbons (Fsp3) is 0.455. The normalized spacial score (nSPS) is 17.3. The van der Waals surface area contributed by atoms with Crippen LogP contribution in [0, 0.1) is 0 Å². The highest BCUT2D eigenvalue weighted by Gasteiger charge is 2.25. The predicted octanol–water partition coefficient (Wildman–Crippen LogP) is 4.10. The van der Waals surface area contributed by atoms with Gasteiger partial charge in [-0.05, 0) is 91.8 Å². The number of nitrogens with one attached hydrogen (secondary N) is 1. The summed E-state index contributed by atoms with van der Waals surface area (Å²) >= 11 is 0. The van der Waals surface area contributed by atoms with Gasteiger partial charge in [-0.3, -0.25) is 0 Å². The zero-order valence-corrected chi connectivity index (χ0v) is 16.9. The summed E-state index contributed by atoms with van der Waals surface area (Å²) in [6, 6.07) is 9.76. The second kappa shape index (κ2) is 7.28. The summed E-state index contributed by atoms with van der Waals surface area (Å²) < 4.78 is 34.5. The summed E-state index contributed by atoms with van der Waals surface area (Å²) in [5.41, 5.74) is 6.10. The van der Waals surface area contributed by atoms with E-state index in [0.717, 1.165) is 49.7 Å². The molecule has 0 fully saturated rings. The van der Waals surface area contributed by atoms with Crippen molar-refractivity contribution >= 4 is 10.0 Å². The van der Waals surface area contributed by atoms with Crippen molar-refractivity contribution < 1.29 is 13.2 Å². The van der Waals surface area contributed by atoms with E-state index in [0.29, 0.717) is 5.75 Å². The topological polar surface area (TPSA) is 55.4 Å². The first kappa shape index (κ1) is 18.5. The molecule has 4 nitrogen and oxygen atoms in total. The Morgan fingerprint density at radius 2 is 1.52 bits per heavy atom. The van der Waals surface area contributed by atoms with E-state index in [9.17, 15) is 8.42 Å². The van der Waals surface area contributed by atoms with Crippen LogP contribution in [0.5, 0.6) is 5.75 Å². The third-order valence-electron chi connectivity index (χ3n) is 5.87. The number of benzene rings is 2. The minimum Gasteiger partial charge on any atom is -0.495 e. The number of hydrogen-bond donors (Lipinski definition) is 1. The molecule has 0 saturated carbocycles. The van der Waals surface area contributed by atoms with Crippen LogP contribution in [-0.2, 0) is 35.7 Å². The van der Waals surface area contributed by atoms with Gasteiger partial charge >= 0.3 is 0 Å². The zero-order valence-electron chi connectivity index (χ0n) is 16.0. The van der Waals surface area contributed by atoms with Gasteiger partial charge in [0.2, 0.25) is 10.0 Å². The summed E-state index contributed by atoms with van der Waals surface area (Å²) in [6.45, 7) is 1.90. The van der Waals surface area contributed by atoms with Crippen LogP contribution < -0.4 is 9.46 Å². The molecule has 0 radical (unpaired) electrons. The third-order valence-corrected chi connectivity index (χ3v) is 7.43. The van der Waals surface area contributed by atoms with Gasteiger partial charge in [0.05, 0.1) is 7.11 Å². The monoisotopic (exact) mass is 385 g/mol. The van der Waals surface area contributed by atoms with Gasteiger partial charge in [0, 0.05) is 6.04 Å². The number of aryl methyl sites for hydroxylation is 4. The summed E-state index contributed by atoms with van der Waals surface area (Å²) in [7, 11) is -2.14. The van der Waals surface area contributed by atoms with Gasteiger partial charge in [-0.25, -0.2) is 13.1 Å². The quantitative estimate of drug-likeness (QED) is 0.843. The second-order valence-corrected chi connectivity index (χ2v) is 9.39. The fourth-order valence-corrected chi connectivity index (χ4v) is 5.77. The lowest BCUT2D eigenvalue weighted by Gasteiger charge is -2.21. The molecular weight excluding hydrogens is 358 g/mol. The summed E-state index contributed by atoms with van der Waals surface area (Å²) in [5.74, 6) is 0.435. The molecule has 27 heavy (non-hydrogen) atoms. The molecule has 2 aromatic rings. The molecule has 2 aromatic carbocycles. The van der Waals surface area contributed by atoms with Crippen molar-refractivity contribution in [3.63, 3.8) is 0 Å². The molecule has 1 atom stereocenters. The Labute approximate surface area is 162 Å². The highest BCUT2D eigenvalue weighted by molar-refractivity contribution is 7.89. The number of fused-ring (bicyclic) bond motifs is 2. The van der Waals surface area contributed by atoms with Crippen molar-refractivity contribution in [3.8, 4) is 5.75 Å². The lowest BCUT2D eigenvalue weighted by Crippen LogP contribution is -2.27. The Balaban J connectivity index is 1.63. The highest BCUT2D eigenvalue weighted by atomic mass is 32.2. The summed E-state index contributed by atoms with van der Waals surface area (Å²) in [6.07, 6.45) is 7.58. The van der Waals surface area contributed by atoms with E-state index >= 15 is 0 Å². The fourth-order valence-electron chi connectivity index (χ4n) is 4.34. The molecular formula is C22H27NO3S. The van der Waals surface area contributed by atoms with Gasteiger partial charge in [0.25, 0.3) is 0 Å². The van der Waals surface area contributed by atoms with Gasteiger partial charge < -0.3 is 4.74 Å². The average molecular weight is 386 g/mol. The van der Waals surface area contributed by atoms with E-state index in [-0.39, 0.29) is 10.9 Å². The van der Waals surface area contributed by atoms with E-state index in [4.69, 9.17) is 4.74 Å². The van der Waals surface area contributed by atoms with Crippen LogP contribution in [0.3, 0.4) is 0 Å². The maximum atomic E-state index is 13.1. The molecule has 5 heteroatoms. The van der Waals surface area contributed by atoms with Gasteiger partial charge in [-0.2, -0.15) is 0 Å². The lowest BCUT2D eigenvalue weighted by atomic mass is 9.92. The van der Waals surface area contributed by atoms with Gasteiger partial charge in [0.15, 0.2) is 0 Å². The molecule has 2 aliphatic rings. The van der Waals surface area contributed by atoms with Crippen molar-refractivity contribution in [1.29, 1.82) is 0 Å². The van der Waals surface area contributed by atoms with Crippen molar-refractivity contribution in [2.45, 2.75) is 62.8 Å². The smallest absolute Gasteiger partial charge is 0.244 e. The van der Waals surface area contributed by atoms with Crippen LogP contribution in [0.4, 0.5) is 0 Å². The van der Waals surface area contributed by atoms with Crippen molar-refractivity contribution in [3.05, 3.63) is 58.1 Å². The molecule has 0 spiro atoms. The maximum Gasteiger partial charge on any atom is 0.244 e. The van der Waals surface area contributed by atoms with Crippen LogP contribution in [0.1, 0.15) is 60.0 Å². The first-order valence-corrected chi connectivity index (χ1v) is 11.3. The third kappa shape index (κ3) is 3.63. The van der Waals surface area contributed by atoms with Crippen LogP contribution in [0.2, 0.25) is 0 Å². The molecule has 144 valence electrons. The molecule has 0 saturated heterocycles.